The molecule has 0 aromatic carbocycles. The van der Waals surface area contributed by atoms with Gasteiger partial charge in [-0.2, -0.15) is 0 Å². The molecule has 2 aliphatic carbocycles. The Hall–Kier alpha value is -1.64. The number of allylic oxidation sites excluding steroid dienone is 6. The van der Waals surface area contributed by atoms with Crippen molar-refractivity contribution < 1.29 is 14.3 Å². The molecule has 2 rings (SSSR count). The second kappa shape index (κ2) is 6.93. The van der Waals surface area contributed by atoms with Gasteiger partial charge in [-0.15, -0.1) is 0 Å². The van der Waals surface area contributed by atoms with Gasteiger partial charge in [0.15, 0.2) is 11.6 Å². The van der Waals surface area contributed by atoms with Crippen LogP contribution in [-0.4, -0.2) is 18.7 Å². The van der Waals surface area contributed by atoms with E-state index >= 15 is 0 Å². The van der Waals surface area contributed by atoms with Crippen molar-refractivity contribution in [1.82, 2.24) is 0 Å². The largest absolute Gasteiger partial charge is 0.500 e. The van der Waals surface area contributed by atoms with Gasteiger partial charge in [0, 0.05) is 6.08 Å². The number of hydrogen-bond donors (Lipinski definition) is 0. The molecule has 0 saturated heterocycles. The van der Waals surface area contributed by atoms with Crippen molar-refractivity contribution in [2.45, 2.75) is 60.8 Å². The number of Topliss-reactive ketones (excluding diaryl/α,β-unsaturated/α-hetero) is 1. The van der Waals surface area contributed by atoms with Gasteiger partial charge in [-0.05, 0) is 58.3 Å². The number of rotatable bonds is 5. The minimum absolute atomic E-state index is 0.0489. The number of carbonyl (C=O) groups excluding carboxylic acids is 2. The van der Waals surface area contributed by atoms with Gasteiger partial charge in [-0.25, -0.2) is 0 Å². The fourth-order valence-corrected chi connectivity index (χ4v) is 4.48. The molecule has 0 N–H and O–H groups in total. The molecule has 0 aliphatic heterocycles. The summed E-state index contributed by atoms with van der Waals surface area (Å²) < 4.78 is 5.42. The van der Waals surface area contributed by atoms with Crippen LogP contribution >= 0.6 is 0 Å². The Balaban J connectivity index is 2.61. The lowest BCUT2D eigenvalue weighted by atomic mass is 9.45. The second-order valence-corrected chi connectivity index (χ2v) is 8.59. The summed E-state index contributed by atoms with van der Waals surface area (Å²) in [5.74, 6) is 0.471. The maximum absolute atomic E-state index is 13.4. The zero-order valence-corrected chi connectivity index (χ0v) is 16.7. The van der Waals surface area contributed by atoms with Crippen molar-refractivity contribution in [3.05, 3.63) is 35.1 Å². The highest BCUT2D eigenvalue weighted by Gasteiger charge is 2.64. The van der Waals surface area contributed by atoms with Crippen LogP contribution in [0.4, 0.5) is 0 Å². The zero-order chi connectivity index (χ0) is 19.0. The van der Waals surface area contributed by atoms with E-state index in [0.717, 1.165) is 18.4 Å². The second-order valence-electron chi connectivity index (χ2n) is 8.59. The number of ketones is 2. The molecule has 0 spiro atoms. The van der Waals surface area contributed by atoms with Crippen LogP contribution in [0.5, 0.6) is 0 Å². The highest BCUT2D eigenvalue weighted by Crippen LogP contribution is 2.60. The van der Waals surface area contributed by atoms with Crippen LogP contribution in [0.15, 0.2) is 35.1 Å². The minimum atomic E-state index is -0.977. The molecule has 0 heterocycles. The van der Waals surface area contributed by atoms with E-state index in [1.165, 1.54) is 5.57 Å². The van der Waals surface area contributed by atoms with Crippen LogP contribution in [0.25, 0.3) is 0 Å². The van der Waals surface area contributed by atoms with Crippen LogP contribution in [-0.2, 0) is 14.3 Å². The van der Waals surface area contributed by atoms with E-state index in [0.29, 0.717) is 12.2 Å². The normalized spacial score (nSPS) is 30.4. The average Bonchev–Trinajstić information content (AvgIpc) is 2.50. The molecule has 2 aliphatic rings. The molecule has 0 aromatic rings. The van der Waals surface area contributed by atoms with Crippen molar-refractivity contribution in [1.29, 1.82) is 0 Å². The third kappa shape index (κ3) is 3.14. The first-order chi connectivity index (χ1) is 11.6. The Morgan fingerprint density at radius 1 is 1.16 bits per heavy atom. The maximum atomic E-state index is 13.4. The molecule has 1 fully saturated rings. The van der Waals surface area contributed by atoms with E-state index in [2.05, 4.69) is 33.8 Å². The van der Waals surface area contributed by atoms with Gasteiger partial charge in [0.25, 0.3) is 0 Å². The van der Waals surface area contributed by atoms with Gasteiger partial charge in [0.1, 0.15) is 11.2 Å². The fraction of sp³-hybridized carbons (Fsp3) is 0.636. The summed E-state index contributed by atoms with van der Waals surface area (Å²) in [7, 11) is 1.56. The first-order valence-electron chi connectivity index (χ1n) is 9.19. The van der Waals surface area contributed by atoms with Gasteiger partial charge in [0.2, 0.25) is 0 Å². The molecule has 25 heavy (non-hydrogen) atoms. The van der Waals surface area contributed by atoms with Gasteiger partial charge < -0.3 is 4.74 Å². The van der Waals surface area contributed by atoms with Gasteiger partial charge >= 0.3 is 0 Å². The monoisotopic (exact) mass is 344 g/mol. The molecule has 3 heteroatoms. The van der Waals surface area contributed by atoms with E-state index in [1.807, 2.05) is 19.9 Å². The van der Waals surface area contributed by atoms with Crippen LogP contribution in [0, 0.1) is 22.7 Å². The number of ether oxygens (including phenoxy) is 1. The Labute approximate surface area is 152 Å². The molecule has 0 radical (unpaired) electrons. The minimum Gasteiger partial charge on any atom is -0.500 e. The summed E-state index contributed by atoms with van der Waals surface area (Å²) in [5.41, 5.74) is 1.03. The van der Waals surface area contributed by atoms with Crippen LogP contribution in [0.1, 0.15) is 60.8 Å². The van der Waals surface area contributed by atoms with Crippen molar-refractivity contribution in [2.75, 3.05) is 7.11 Å². The smallest absolute Gasteiger partial charge is 0.173 e. The molecule has 138 valence electrons. The van der Waals surface area contributed by atoms with Gasteiger partial charge in [-0.3, -0.25) is 9.59 Å². The predicted octanol–water partition coefficient (Wildman–Crippen LogP) is 5.03. The third-order valence-corrected chi connectivity index (χ3v) is 6.28. The van der Waals surface area contributed by atoms with E-state index in [4.69, 9.17) is 4.74 Å². The van der Waals surface area contributed by atoms with Crippen molar-refractivity contribution in [2.24, 2.45) is 22.7 Å². The average molecular weight is 344 g/mol. The van der Waals surface area contributed by atoms with Crippen LogP contribution in [0.2, 0.25) is 0 Å². The summed E-state index contributed by atoms with van der Waals surface area (Å²) in [5, 5.41) is 0. The molecule has 2 bridgehead atoms. The lowest BCUT2D eigenvalue weighted by Gasteiger charge is -2.55. The highest BCUT2D eigenvalue weighted by atomic mass is 16.5. The molecule has 3 atom stereocenters. The summed E-state index contributed by atoms with van der Waals surface area (Å²) in [4.78, 5) is 26.6. The lowest BCUT2D eigenvalue weighted by molar-refractivity contribution is -0.162. The summed E-state index contributed by atoms with van der Waals surface area (Å²) in [6, 6.07) is 0. The van der Waals surface area contributed by atoms with Gasteiger partial charge in [0.05, 0.1) is 13.0 Å². The van der Waals surface area contributed by atoms with Gasteiger partial charge in [-0.1, -0.05) is 37.1 Å². The van der Waals surface area contributed by atoms with Crippen molar-refractivity contribution >= 4 is 11.6 Å². The van der Waals surface area contributed by atoms with E-state index in [9.17, 15) is 9.59 Å². The molecular formula is C22H32O3. The summed E-state index contributed by atoms with van der Waals surface area (Å²) in [6.07, 6.45) is 7.98. The highest BCUT2D eigenvalue weighted by molar-refractivity contribution is 6.17. The Morgan fingerprint density at radius 3 is 2.28 bits per heavy atom. The van der Waals surface area contributed by atoms with Crippen LogP contribution in [0.3, 0.4) is 0 Å². The standard InChI is InChI=1S/C22H32O3/c1-14(2)8-9-16-12-17-18(25-7)13-19(23)22(20(17)24,21(16,5)6)11-10-15(3)4/h8,10,13,16-17H,9,11-12H2,1-7H3/t16-,17+,22-/m1/s1. The number of hydrogen-bond acceptors (Lipinski definition) is 3. The fourth-order valence-electron chi connectivity index (χ4n) is 4.48. The topological polar surface area (TPSA) is 43.4 Å². The molecule has 0 amide bonds. The molecule has 0 unspecified atom stereocenters. The Kier molecular flexibility index (Phi) is 5.46. The van der Waals surface area contributed by atoms with E-state index in [-0.39, 0.29) is 23.4 Å². The van der Waals surface area contributed by atoms with Crippen molar-refractivity contribution in [3.8, 4) is 0 Å². The summed E-state index contributed by atoms with van der Waals surface area (Å²) >= 11 is 0. The Bertz CT molecular complexity index is 655. The quantitative estimate of drug-likeness (QED) is 0.519. The molecular weight excluding hydrogens is 312 g/mol. The number of carbonyl (C=O) groups is 2. The SMILES string of the molecule is COC1=CC(=O)[C@]2(CC=C(C)C)C(=O)[C@H]1C[C@@H](CC=C(C)C)C2(C)C. The zero-order valence-electron chi connectivity index (χ0n) is 16.7. The molecule has 1 saturated carbocycles. The first-order valence-corrected chi connectivity index (χ1v) is 9.19. The van der Waals surface area contributed by atoms with E-state index < -0.39 is 10.8 Å². The van der Waals surface area contributed by atoms with Crippen LogP contribution < -0.4 is 0 Å². The molecule has 0 aromatic heterocycles. The first kappa shape index (κ1) is 19.7. The number of fused-ring (bicyclic) bond motifs is 2. The lowest BCUT2D eigenvalue weighted by Crippen LogP contribution is -2.61. The summed E-state index contributed by atoms with van der Waals surface area (Å²) in [6.45, 7) is 12.4. The third-order valence-electron chi connectivity index (χ3n) is 6.28. The Morgan fingerprint density at radius 2 is 1.76 bits per heavy atom. The van der Waals surface area contributed by atoms with E-state index in [1.54, 1.807) is 13.2 Å². The predicted molar refractivity (Wildman–Crippen MR) is 101 cm³/mol. The molecule has 3 nitrogen and oxygen atoms in total. The maximum Gasteiger partial charge on any atom is 0.173 e. The van der Waals surface area contributed by atoms with Crippen molar-refractivity contribution in [3.63, 3.8) is 0 Å². The number of methoxy groups -OCH3 is 1.